The molecule has 2 unspecified atom stereocenters. The number of hydrogen-bond donors (Lipinski definition) is 4. The Labute approximate surface area is 146 Å². The van der Waals surface area contributed by atoms with Gasteiger partial charge in [-0.1, -0.05) is 18.2 Å². The number of carbonyl (C=O) groups excluding carboxylic acids is 1. The second kappa shape index (κ2) is 8.62. The molecule has 0 saturated carbocycles. The Morgan fingerprint density at radius 3 is 2.40 bits per heavy atom. The summed E-state index contributed by atoms with van der Waals surface area (Å²) in [4.78, 5) is 11.4. The van der Waals surface area contributed by atoms with Crippen LogP contribution in [-0.2, 0) is 11.3 Å². The second-order valence-corrected chi connectivity index (χ2v) is 5.81. The maximum Gasteiger partial charge on any atom is 0.337 e. The maximum absolute atomic E-state index is 11.4. The standard InChI is InChI=1S/C19H23NO5/c1-12(13-3-5-14(6-4-13)19(24)25-2)20-10-18(23)15-7-8-17(22)16(9-15)11-21/h3-9,12,18,20-23H,10-11H2,1-2H3. The molecule has 0 spiro atoms. The molecule has 2 aromatic rings. The lowest BCUT2D eigenvalue weighted by molar-refractivity contribution is 0.0600. The minimum Gasteiger partial charge on any atom is -0.508 e. The van der Waals surface area contributed by atoms with E-state index in [4.69, 9.17) is 0 Å². The van der Waals surface area contributed by atoms with E-state index in [0.717, 1.165) is 5.56 Å². The van der Waals surface area contributed by atoms with Gasteiger partial charge in [-0.2, -0.15) is 0 Å². The number of esters is 1. The van der Waals surface area contributed by atoms with Crippen LogP contribution in [-0.4, -0.2) is 34.9 Å². The van der Waals surface area contributed by atoms with Crippen LogP contribution in [0.2, 0.25) is 0 Å². The van der Waals surface area contributed by atoms with E-state index in [2.05, 4.69) is 10.1 Å². The first-order valence-corrected chi connectivity index (χ1v) is 7.98. The van der Waals surface area contributed by atoms with Crippen molar-refractivity contribution in [3.05, 3.63) is 64.7 Å². The Morgan fingerprint density at radius 2 is 1.80 bits per heavy atom. The van der Waals surface area contributed by atoms with Crippen molar-refractivity contribution in [2.75, 3.05) is 13.7 Å². The maximum atomic E-state index is 11.4. The van der Waals surface area contributed by atoms with E-state index in [1.807, 2.05) is 19.1 Å². The zero-order valence-electron chi connectivity index (χ0n) is 14.3. The van der Waals surface area contributed by atoms with Crippen LogP contribution in [0.5, 0.6) is 5.75 Å². The molecule has 0 amide bonds. The lowest BCUT2D eigenvalue weighted by Gasteiger charge is -2.18. The van der Waals surface area contributed by atoms with Gasteiger partial charge in [0.2, 0.25) is 0 Å². The molecule has 134 valence electrons. The first-order valence-electron chi connectivity index (χ1n) is 7.98. The second-order valence-electron chi connectivity index (χ2n) is 5.81. The summed E-state index contributed by atoms with van der Waals surface area (Å²) in [6.07, 6.45) is -0.775. The highest BCUT2D eigenvalue weighted by atomic mass is 16.5. The van der Waals surface area contributed by atoms with Crippen LogP contribution in [0.4, 0.5) is 0 Å². The number of hydrogen-bond acceptors (Lipinski definition) is 6. The Bertz CT molecular complexity index is 714. The van der Waals surface area contributed by atoms with E-state index >= 15 is 0 Å². The summed E-state index contributed by atoms with van der Waals surface area (Å²) in [5, 5.41) is 32.3. The van der Waals surface area contributed by atoms with Crippen molar-refractivity contribution in [1.29, 1.82) is 0 Å². The topological polar surface area (TPSA) is 99.0 Å². The smallest absolute Gasteiger partial charge is 0.337 e. The van der Waals surface area contributed by atoms with E-state index in [1.165, 1.54) is 13.2 Å². The number of methoxy groups -OCH3 is 1. The van der Waals surface area contributed by atoms with E-state index in [1.54, 1.807) is 24.3 Å². The van der Waals surface area contributed by atoms with Crippen LogP contribution in [0, 0.1) is 0 Å². The van der Waals surface area contributed by atoms with Gasteiger partial charge in [0.1, 0.15) is 5.75 Å². The van der Waals surface area contributed by atoms with Gasteiger partial charge in [0, 0.05) is 18.2 Å². The van der Waals surface area contributed by atoms with E-state index in [9.17, 15) is 20.1 Å². The predicted octanol–water partition coefficient (Wildman–Crippen LogP) is 2.06. The van der Waals surface area contributed by atoms with Crippen molar-refractivity contribution in [3.8, 4) is 5.75 Å². The molecule has 0 aliphatic rings. The van der Waals surface area contributed by atoms with Crippen molar-refractivity contribution in [2.45, 2.75) is 25.7 Å². The zero-order chi connectivity index (χ0) is 18.4. The van der Waals surface area contributed by atoms with Crippen molar-refractivity contribution < 1.29 is 24.9 Å². The van der Waals surface area contributed by atoms with Crippen molar-refractivity contribution >= 4 is 5.97 Å². The van der Waals surface area contributed by atoms with Gasteiger partial charge in [-0.15, -0.1) is 0 Å². The Kier molecular flexibility index (Phi) is 6.52. The molecular formula is C19H23NO5. The monoisotopic (exact) mass is 345 g/mol. The van der Waals surface area contributed by atoms with Crippen molar-refractivity contribution in [1.82, 2.24) is 5.32 Å². The van der Waals surface area contributed by atoms with Gasteiger partial charge in [0.15, 0.2) is 0 Å². The van der Waals surface area contributed by atoms with Crippen molar-refractivity contribution in [2.24, 2.45) is 0 Å². The van der Waals surface area contributed by atoms with E-state index in [-0.39, 0.29) is 24.4 Å². The highest BCUT2D eigenvalue weighted by Gasteiger charge is 2.13. The lowest BCUT2D eigenvalue weighted by Crippen LogP contribution is -2.24. The Balaban J connectivity index is 1.97. The fourth-order valence-corrected chi connectivity index (χ4v) is 2.49. The quantitative estimate of drug-likeness (QED) is 0.573. The predicted molar refractivity (Wildman–Crippen MR) is 93.2 cm³/mol. The summed E-state index contributed by atoms with van der Waals surface area (Å²) in [5.74, 6) is -0.375. The number of benzene rings is 2. The van der Waals surface area contributed by atoms with Gasteiger partial charge >= 0.3 is 5.97 Å². The van der Waals surface area contributed by atoms with Gasteiger partial charge in [-0.3, -0.25) is 0 Å². The molecule has 0 aromatic heterocycles. The molecule has 6 heteroatoms. The van der Waals surface area contributed by atoms with E-state index < -0.39 is 6.10 Å². The van der Waals surface area contributed by atoms with Crippen LogP contribution in [0.3, 0.4) is 0 Å². The first-order chi connectivity index (χ1) is 12.0. The highest BCUT2D eigenvalue weighted by molar-refractivity contribution is 5.89. The van der Waals surface area contributed by atoms with Crippen LogP contribution in [0.1, 0.15) is 46.1 Å². The highest BCUT2D eigenvalue weighted by Crippen LogP contribution is 2.23. The molecule has 0 fully saturated rings. The number of nitrogens with one attached hydrogen (secondary N) is 1. The average molecular weight is 345 g/mol. The van der Waals surface area contributed by atoms with Gasteiger partial charge in [-0.25, -0.2) is 4.79 Å². The summed E-state index contributed by atoms with van der Waals surface area (Å²) in [5.41, 5.74) is 2.45. The molecular weight excluding hydrogens is 322 g/mol. The minimum atomic E-state index is -0.775. The van der Waals surface area contributed by atoms with Gasteiger partial charge < -0.3 is 25.4 Å². The first kappa shape index (κ1) is 18.9. The molecule has 2 atom stereocenters. The number of carbonyl (C=O) groups is 1. The number of aromatic hydroxyl groups is 1. The van der Waals surface area contributed by atoms with Crippen LogP contribution >= 0.6 is 0 Å². The SMILES string of the molecule is COC(=O)c1ccc(C(C)NCC(O)c2ccc(O)c(CO)c2)cc1. The molecule has 0 aliphatic carbocycles. The lowest BCUT2D eigenvalue weighted by atomic mass is 10.0. The average Bonchev–Trinajstić information content (AvgIpc) is 2.65. The molecule has 0 bridgehead atoms. The molecule has 0 radical (unpaired) electrons. The molecule has 0 aliphatic heterocycles. The van der Waals surface area contributed by atoms with Crippen LogP contribution in [0.15, 0.2) is 42.5 Å². The van der Waals surface area contributed by atoms with Crippen LogP contribution < -0.4 is 5.32 Å². The fraction of sp³-hybridized carbons (Fsp3) is 0.316. The molecule has 2 aromatic carbocycles. The molecule has 2 rings (SSSR count). The Hall–Kier alpha value is -2.41. The van der Waals surface area contributed by atoms with E-state index in [0.29, 0.717) is 23.2 Å². The third-order valence-corrected chi connectivity index (χ3v) is 4.11. The molecule has 0 heterocycles. The largest absolute Gasteiger partial charge is 0.508 e. The summed E-state index contributed by atoms with van der Waals surface area (Å²) in [7, 11) is 1.34. The number of rotatable bonds is 7. The summed E-state index contributed by atoms with van der Waals surface area (Å²) in [6, 6.07) is 11.7. The molecule has 4 N–H and O–H groups in total. The van der Waals surface area contributed by atoms with Crippen LogP contribution in [0.25, 0.3) is 0 Å². The molecule has 6 nitrogen and oxygen atoms in total. The van der Waals surface area contributed by atoms with Crippen molar-refractivity contribution in [3.63, 3.8) is 0 Å². The van der Waals surface area contributed by atoms with Gasteiger partial charge in [-0.05, 0) is 42.3 Å². The minimum absolute atomic E-state index is 0.00507. The number of aliphatic hydroxyl groups is 2. The molecule has 25 heavy (non-hydrogen) atoms. The number of aliphatic hydroxyl groups excluding tert-OH is 2. The summed E-state index contributed by atoms with van der Waals surface area (Å²) < 4.78 is 4.67. The number of phenols is 1. The third-order valence-electron chi connectivity index (χ3n) is 4.11. The molecule has 0 saturated heterocycles. The fourth-order valence-electron chi connectivity index (χ4n) is 2.49. The Morgan fingerprint density at radius 1 is 1.16 bits per heavy atom. The zero-order valence-corrected chi connectivity index (χ0v) is 14.3. The summed E-state index contributed by atoms with van der Waals surface area (Å²) in [6.45, 7) is 1.97. The third kappa shape index (κ3) is 4.79. The number of ether oxygens (including phenoxy) is 1. The normalized spacial score (nSPS) is 13.3. The van der Waals surface area contributed by atoms with Gasteiger partial charge in [0.05, 0.1) is 25.4 Å². The van der Waals surface area contributed by atoms with Gasteiger partial charge in [0.25, 0.3) is 0 Å². The summed E-state index contributed by atoms with van der Waals surface area (Å²) >= 11 is 0.